The first-order valence-electron chi connectivity index (χ1n) is 8.48. The predicted octanol–water partition coefficient (Wildman–Crippen LogP) is 4.81. The van der Waals surface area contributed by atoms with Crippen LogP contribution in [0.15, 0.2) is 24.3 Å². The minimum Gasteiger partial charge on any atom is -0.378 e. The van der Waals surface area contributed by atoms with Crippen LogP contribution in [0.25, 0.3) is 0 Å². The summed E-state index contributed by atoms with van der Waals surface area (Å²) in [6.07, 6.45) is -4.14. The van der Waals surface area contributed by atoms with E-state index >= 15 is 0 Å². The molecule has 172 valence electrons. The van der Waals surface area contributed by atoms with Gasteiger partial charge in [-0.25, -0.2) is 0 Å². The highest BCUT2D eigenvalue weighted by Gasteiger charge is 2.86. The van der Waals surface area contributed by atoms with Crippen molar-refractivity contribution in [2.45, 2.75) is 49.1 Å². The lowest BCUT2D eigenvalue weighted by atomic mass is 10.1. The zero-order valence-electron chi connectivity index (χ0n) is 15.0. The molecule has 2 rings (SSSR count). The molecule has 1 saturated heterocycles. The fourth-order valence-electron chi connectivity index (χ4n) is 2.72. The summed E-state index contributed by atoms with van der Waals surface area (Å²) in [5, 5.41) is -6.88. The van der Waals surface area contributed by atoms with Crippen LogP contribution in [-0.4, -0.2) is 49.7 Å². The van der Waals surface area contributed by atoms with Crippen LogP contribution >= 0.6 is 0 Å². The van der Waals surface area contributed by atoms with Crippen molar-refractivity contribution >= 4 is 10.1 Å². The number of piperidine rings is 1. The maximum atomic E-state index is 13.6. The molecule has 0 atom stereocenters. The van der Waals surface area contributed by atoms with Crippen molar-refractivity contribution in [3.63, 3.8) is 0 Å². The molecule has 1 heterocycles. The molecule has 1 aliphatic heterocycles. The van der Waals surface area contributed by atoms with E-state index in [1.165, 1.54) is 12.1 Å². The number of hydrogen-bond donors (Lipinski definition) is 0. The molecule has 1 aromatic rings. The van der Waals surface area contributed by atoms with Crippen LogP contribution in [0.3, 0.4) is 0 Å². The Kier molecular flexibility index (Phi) is 6.63. The highest BCUT2D eigenvalue weighted by molar-refractivity contribution is 7.88. The van der Waals surface area contributed by atoms with Gasteiger partial charge in [-0.1, -0.05) is 18.6 Å². The number of hydrogen-bond acceptors (Lipinski definition) is 4. The lowest BCUT2D eigenvalue weighted by molar-refractivity contribution is -0.382. The molecule has 1 aliphatic rings. The standard InChI is InChI=1S/C16H16F9NO3S/c17-13(18,15(21,22)23)14(19,20)16(24,25)30(27,28)29-12-6-4-11(5-7-12)10-26-8-2-1-3-9-26/h4-7H,1-3,8-10H2. The number of benzene rings is 1. The van der Waals surface area contributed by atoms with Crippen molar-refractivity contribution in [1.82, 2.24) is 4.90 Å². The van der Waals surface area contributed by atoms with E-state index in [-0.39, 0.29) is 0 Å². The summed E-state index contributed by atoms with van der Waals surface area (Å²) in [6, 6.07) is 4.04. The quantitative estimate of drug-likeness (QED) is 0.422. The highest BCUT2D eigenvalue weighted by Crippen LogP contribution is 2.54. The average Bonchev–Trinajstić information content (AvgIpc) is 2.62. The van der Waals surface area contributed by atoms with Gasteiger partial charge in [-0.05, 0) is 43.6 Å². The van der Waals surface area contributed by atoms with Gasteiger partial charge in [-0.3, -0.25) is 4.90 Å². The van der Waals surface area contributed by atoms with Gasteiger partial charge >= 0.3 is 33.4 Å². The Morgan fingerprint density at radius 2 is 1.30 bits per heavy atom. The summed E-state index contributed by atoms with van der Waals surface area (Å²) in [5.74, 6) is -15.6. The second-order valence-electron chi connectivity index (χ2n) is 6.68. The molecule has 0 spiro atoms. The van der Waals surface area contributed by atoms with Crippen molar-refractivity contribution < 1.29 is 52.1 Å². The van der Waals surface area contributed by atoms with E-state index < -0.39 is 39.1 Å². The van der Waals surface area contributed by atoms with E-state index in [4.69, 9.17) is 0 Å². The predicted molar refractivity (Wildman–Crippen MR) is 86.0 cm³/mol. The molecule has 0 aromatic heterocycles. The fraction of sp³-hybridized carbons (Fsp3) is 0.625. The molecule has 30 heavy (non-hydrogen) atoms. The highest BCUT2D eigenvalue weighted by atomic mass is 32.2. The van der Waals surface area contributed by atoms with E-state index in [2.05, 4.69) is 4.18 Å². The molecule has 4 nitrogen and oxygen atoms in total. The molecule has 0 unspecified atom stereocenters. The number of likely N-dealkylation sites (tertiary alicyclic amines) is 1. The van der Waals surface area contributed by atoms with Crippen LogP contribution in [0, 0.1) is 0 Å². The first-order chi connectivity index (χ1) is 13.5. The molecule has 14 heteroatoms. The van der Waals surface area contributed by atoms with Crippen molar-refractivity contribution in [1.29, 1.82) is 0 Å². The van der Waals surface area contributed by atoms with Gasteiger partial charge in [0.1, 0.15) is 5.75 Å². The third-order valence-electron chi connectivity index (χ3n) is 4.41. The Bertz CT molecular complexity index is 833. The molecule has 1 fully saturated rings. The van der Waals surface area contributed by atoms with Gasteiger partial charge in [0.05, 0.1) is 0 Å². The van der Waals surface area contributed by atoms with E-state index in [0.29, 0.717) is 12.1 Å². The first kappa shape index (κ1) is 24.6. The van der Waals surface area contributed by atoms with Gasteiger partial charge in [0.25, 0.3) is 0 Å². The van der Waals surface area contributed by atoms with E-state index in [1.807, 2.05) is 4.90 Å². The van der Waals surface area contributed by atoms with Crippen LogP contribution in [-0.2, 0) is 16.7 Å². The summed E-state index contributed by atoms with van der Waals surface area (Å²) in [6.45, 7) is 2.00. The zero-order chi connectivity index (χ0) is 23.0. The lowest BCUT2D eigenvalue weighted by Gasteiger charge is -2.32. The Hall–Kier alpha value is -1.70. The van der Waals surface area contributed by atoms with E-state index in [1.54, 1.807) is 0 Å². The van der Waals surface area contributed by atoms with Gasteiger partial charge in [-0.15, -0.1) is 0 Å². The Morgan fingerprint density at radius 1 is 0.800 bits per heavy atom. The fourth-order valence-corrected chi connectivity index (χ4v) is 3.63. The smallest absolute Gasteiger partial charge is 0.378 e. The van der Waals surface area contributed by atoms with Crippen LogP contribution in [0.2, 0.25) is 0 Å². The molecule has 0 saturated carbocycles. The first-order valence-corrected chi connectivity index (χ1v) is 9.89. The van der Waals surface area contributed by atoms with Crippen molar-refractivity contribution in [3.8, 4) is 5.75 Å². The van der Waals surface area contributed by atoms with Crippen molar-refractivity contribution in [3.05, 3.63) is 29.8 Å². The molecular formula is C16H16F9NO3S. The van der Waals surface area contributed by atoms with Crippen molar-refractivity contribution in [2.24, 2.45) is 0 Å². The van der Waals surface area contributed by atoms with E-state index in [0.717, 1.165) is 44.5 Å². The molecule has 0 aliphatic carbocycles. The number of nitrogens with zero attached hydrogens (tertiary/aromatic N) is 1. The SMILES string of the molecule is O=S(=O)(Oc1ccc(CN2CCCCC2)cc1)C(F)(F)C(F)(F)C(F)(F)C(F)(F)F. The van der Waals surface area contributed by atoms with Gasteiger partial charge in [0.2, 0.25) is 0 Å². The maximum absolute atomic E-state index is 13.6. The Labute approximate surface area is 165 Å². The number of rotatable bonds is 7. The number of alkyl halides is 9. The second kappa shape index (κ2) is 8.09. The average molecular weight is 473 g/mol. The van der Waals surface area contributed by atoms with Crippen LogP contribution in [0.4, 0.5) is 39.5 Å². The molecule has 0 bridgehead atoms. The Morgan fingerprint density at radius 3 is 1.77 bits per heavy atom. The van der Waals surface area contributed by atoms with Gasteiger partial charge in [-0.2, -0.15) is 47.9 Å². The minimum atomic E-state index is -7.34. The summed E-state index contributed by atoms with van der Waals surface area (Å²) >= 11 is 0. The number of halogens is 9. The zero-order valence-corrected chi connectivity index (χ0v) is 15.9. The van der Waals surface area contributed by atoms with E-state index in [9.17, 15) is 47.9 Å². The summed E-state index contributed by atoms with van der Waals surface area (Å²) in [4.78, 5) is 2.05. The summed E-state index contributed by atoms with van der Waals surface area (Å²) < 4.78 is 143. The lowest BCUT2D eigenvalue weighted by Crippen LogP contribution is -2.63. The summed E-state index contributed by atoms with van der Waals surface area (Å²) in [5.41, 5.74) is 0.586. The van der Waals surface area contributed by atoms with Crippen LogP contribution in [0.1, 0.15) is 24.8 Å². The molecule has 0 amide bonds. The third kappa shape index (κ3) is 4.48. The molecule has 0 radical (unpaired) electrons. The molecular weight excluding hydrogens is 457 g/mol. The summed E-state index contributed by atoms with van der Waals surface area (Å²) in [7, 11) is -6.93. The topological polar surface area (TPSA) is 46.6 Å². The monoisotopic (exact) mass is 473 g/mol. The van der Waals surface area contributed by atoms with Crippen LogP contribution < -0.4 is 4.18 Å². The van der Waals surface area contributed by atoms with Crippen molar-refractivity contribution in [2.75, 3.05) is 13.1 Å². The Balaban J connectivity index is 2.20. The second-order valence-corrected chi connectivity index (χ2v) is 8.27. The van der Waals surface area contributed by atoms with Gasteiger partial charge in [0, 0.05) is 6.54 Å². The molecule has 1 aromatic carbocycles. The van der Waals surface area contributed by atoms with Gasteiger partial charge < -0.3 is 4.18 Å². The molecule has 0 N–H and O–H groups in total. The van der Waals surface area contributed by atoms with Crippen LogP contribution in [0.5, 0.6) is 5.75 Å². The van der Waals surface area contributed by atoms with Gasteiger partial charge in [0.15, 0.2) is 0 Å². The minimum absolute atomic E-state index is 0.416. The maximum Gasteiger partial charge on any atom is 0.460 e. The largest absolute Gasteiger partial charge is 0.460 e. The third-order valence-corrected chi connectivity index (χ3v) is 5.71. The normalized spacial score (nSPS) is 17.8.